The smallest absolute Gasteiger partial charge is 0.261 e. The van der Waals surface area contributed by atoms with Crippen molar-refractivity contribution in [1.29, 1.82) is 0 Å². The van der Waals surface area contributed by atoms with Crippen molar-refractivity contribution in [3.8, 4) is 0 Å². The molecule has 0 radical (unpaired) electrons. The topological polar surface area (TPSA) is 62.2 Å². The molecule has 2 N–H and O–H groups in total. The number of carbonyl (C=O) groups is 1. The number of hydrogen-bond donors (Lipinski definition) is 2. The van der Waals surface area contributed by atoms with Crippen LogP contribution in [-0.2, 0) is 16.8 Å². The van der Waals surface area contributed by atoms with Gasteiger partial charge in [0.05, 0.1) is 11.2 Å². The molecule has 1 unspecified atom stereocenters. The zero-order valence-corrected chi connectivity index (χ0v) is 12.1. The normalized spacial score (nSPS) is 19.7. The van der Waals surface area contributed by atoms with Crippen LogP contribution in [0.1, 0.15) is 11.3 Å². The molecule has 1 aliphatic heterocycles. The second kappa shape index (κ2) is 4.86. The highest BCUT2D eigenvalue weighted by Gasteiger charge is 2.46. The van der Waals surface area contributed by atoms with Gasteiger partial charge in [0.25, 0.3) is 5.91 Å². The lowest BCUT2D eigenvalue weighted by Gasteiger charge is -2.20. The zero-order chi connectivity index (χ0) is 16.0. The van der Waals surface area contributed by atoms with Gasteiger partial charge in [0.1, 0.15) is 5.82 Å². The van der Waals surface area contributed by atoms with Gasteiger partial charge in [-0.3, -0.25) is 9.78 Å². The van der Waals surface area contributed by atoms with Crippen LogP contribution < -0.4 is 5.32 Å². The summed E-state index contributed by atoms with van der Waals surface area (Å²) in [4.78, 5) is 16.7. The number of anilines is 1. The molecule has 1 atom stereocenters. The molecule has 0 aliphatic carbocycles. The second-order valence-electron chi connectivity index (χ2n) is 5.65. The monoisotopic (exact) mass is 308 g/mol. The molecule has 4 nitrogen and oxygen atoms in total. The van der Waals surface area contributed by atoms with E-state index in [1.807, 2.05) is 30.3 Å². The molecule has 0 saturated carbocycles. The minimum absolute atomic E-state index is 0.0138. The third-order valence-electron chi connectivity index (χ3n) is 4.17. The van der Waals surface area contributed by atoms with Gasteiger partial charge in [-0.2, -0.15) is 0 Å². The molecular weight excluding hydrogens is 295 g/mol. The first-order valence-electron chi connectivity index (χ1n) is 7.25. The van der Waals surface area contributed by atoms with Crippen LogP contribution in [-0.4, -0.2) is 16.0 Å². The first kappa shape index (κ1) is 13.8. The molecule has 2 heterocycles. The number of fused-ring (bicyclic) bond motifs is 2. The number of aliphatic hydroxyl groups is 1. The second-order valence-corrected chi connectivity index (χ2v) is 5.65. The third-order valence-corrected chi connectivity index (χ3v) is 4.17. The lowest BCUT2D eigenvalue weighted by atomic mass is 9.90. The van der Waals surface area contributed by atoms with E-state index in [0.717, 1.165) is 10.9 Å². The summed E-state index contributed by atoms with van der Waals surface area (Å²) in [5.74, 6) is -1.19. The van der Waals surface area contributed by atoms with Crippen LogP contribution in [0, 0.1) is 5.82 Å². The fraction of sp³-hybridized carbons (Fsp3) is 0.111. The minimum Gasteiger partial charge on any atom is -0.375 e. The molecule has 0 bridgehead atoms. The molecule has 1 aromatic heterocycles. The van der Waals surface area contributed by atoms with Crippen molar-refractivity contribution in [3.05, 3.63) is 71.7 Å². The fourth-order valence-corrected chi connectivity index (χ4v) is 2.98. The van der Waals surface area contributed by atoms with Gasteiger partial charge in [0, 0.05) is 23.1 Å². The number of para-hydroxylation sites is 2. The molecule has 3 aromatic rings. The molecule has 0 saturated heterocycles. The Bertz CT molecular complexity index is 941. The van der Waals surface area contributed by atoms with Crippen molar-refractivity contribution in [2.45, 2.75) is 12.0 Å². The number of carbonyl (C=O) groups excluding carboxylic acids is 1. The molecule has 114 valence electrons. The van der Waals surface area contributed by atoms with Crippen molar-refractivity contribution in [1.82, 2.24) is 4.98 Å². The number of aromatic nitrogens is 1. The maximum absolute atomic E-state index is 13.8. The lowest BCUT2D eigenvalue weighted by molar-refractivity contribution is -0.133. The average Bonchev–Trinajstić information content (AvgIpc) is 2.80. The molecular formula is C18H13FN2O2. The Morgan fingerprint density at radius 1 is 1.09 bits per heavy atom. The van der Waals surface area contributed by atoms with Gasteiger partial charge in [0.2, 0.25) is 0 Å². The standard InChI is InChI=1S/C18H13FN2O2/c19-14-6-3-5-13-16(14)21-17(22)18(13,23)10-12-9-8-11-4-1-2-7-15(11)20-12/h1-9,23H,10H2,(H,21,22). The quantitative estimate of drug-likeness (QED) is 0.765. The first-order valence-corrected chi connectivity index (χ1v) is 7.25. The van der Waals surface area contributed by atoms with E-state index in [0.29, 0.717) is 5.69 Å². The van der Waals surface area contributed by atoms with E-state index in [1.54, 1.807) is 12.1 Å². The van der Waals surface area contributed by atoms with E-state index in [-0.39, 0.29) is 17.7 Å². The van der Waals surface area contributed by atoms with E-state index in [9.17, 15) is 14.3 Å². The molecule has 2 aromatic carbocycles. The summed E-state index contributed by atoms with van der Waals surface area (Å²) in [6, 6.07) is 15.5. The summed E-state index contributed by atoms with van der Waals surface area (Å²) in [5, 5.41) is 14.2. The van der Waals surface area contributed by atoms with Crippen molar-refractivity contribution in [2.24, 2.45) is 0 Å². The van der Waals surface area contributed by atoms with Crippen molar-refractivity contribution in [2.75, 3.05) is 5.32 Å². The van der Waals surface area contributed by atoms with E-state index < -0.39 is 17.3 Å². The molecule has 1 aliphatic rings. The molecule has 1 amide bonds. The average molecular weight is 308 g/mol. The first-order chi connectivity index (χ1) is 11.1. The Kier molecular flexibility index (Phi) is 2.92. The third kappa shape index (κ3) is 2.09. The number of pyridine rings is 1. The van der Waals surface area contributed by atoms with Crippen molar-refractivity contribution >= 4 is 22.5 Å². The highest BCUT2D eigenvalue weighted by atomic mass is 19.1. The number of rotatable bonds is 2. The SMILES string of the molecule is O=C1Nc2c(F)cccc2C1(O)Cc1ccc2ccccc2n1. The Morgan fingerprint density at radius 3 is 2.78 bits per heavy atom. The van der Waals surface area contributed by atoms with Gasteiger partial charge in [-0.25, -0.2) is 4.39 Å². The Hall–Kier alpha value is -2.79. The van der Waals surface area contributed by atoms with Gasteiger partial charge < -0.3 is 10.4 Å². The summed E-state index contributed by atoms with van der Waals surface area (Å²) in [5.41, 5.74) is -0.171. The maximum atomic E-state index is 13.8. The minimum atomic E-state index is -1.81. The predicted molar refractivity (Wildman–Crippen MR) is 84.4 cm³/mol. The maximum Gasteiger partial charge on any atom is 0.261 e. The Balaban J connectivity index is 1.78. The van der Waals surface area contributed by atoms with Gasteiger partial charge in [0.15, 0.2) is 5.60 Å². The van der Waals surface area contributed by atoms with E-state index in [1.165, 1.54) is 12.1 Å². The van der Waals surface area contributed by atoms with Crippen LogP contribution in [0.5, 0.6) is 0 Å². The highest BCUT2D eigenvalue weighted by Crippen LogP contribution is 2.39. The summed E-state index contributed by atoms with van der Waals surface area (Å²) < 4.78 is 13.8. The van der Waals surface area contributed by atoms with E-state index in [2.05, 4.69) is 10.3 Å². The summed E-state index contributed by atoms with van der Waals surface area (Å²) in [7, 11) is 0. The van der Waals surface area contributed by atoms with Crippen molar-refractivity contribution in [3.63, 3.8) is 0 Å². The molecule has 0 fully saturated rings. The van der Waals surface area contributed by atoms with Crippen LogP contribution in [0.25, 0.3) is 10.9 Å². The van der Waals surface area contributed by atoms with Crippen LogP contribution in [0.15, 0.2) is 54.6 Å². The highest BCUT2D eigenvalue weighted by molar-refractivity contribution is 6.05. The van der Waals surface area contributed by atoms with Crippen LogP contribution in [0.4, 0.5) is 10.1 Å². The fourth-order valence-electron chi connectivity index (χ4n) is 2.98. The van der Waals surface area contributed by atoms with Gasteiger partial charge >= 0.3 is 0 Å². The van der Waals surface area contributed by atoms with Crippen molar-refractivity contribution < 1.29 is 14.3 Å². The Morgan fingerprint density at radius 2 is 1.91 bits per heavy atom. The number of nitrogens with one attached hydrogen (secondary N) is 1. The summed E-state index contributed by atoms with van der Waals surface area (Å²) >= 11 is 0. The van der Waals surface area contributed by atoms with E-state index in [4.69, 9.17) is 0 Å². The largest absolute Gasteiger partial charge is 0.375 e. The predicted octanol–water partition coefficient (Wildman–Crippen LogP) is 2.76. The molecule has 4 rings (SSSR count). The number of nitrogens with zero attached hydrogens (tertiary/aromatic N) is 1. The number of amides is 1. The van der Waals surface area contributed by atoms with Crippen LogP contribution in [0.3, 0.4) is 0 Å². The molecule has 0 spiro atoms. The van der Waals surface area contributed by atoms with E-state index >= 15 is 0 Å². The summed E-state index contributed by atoms with van der Waals surface area (Å²) in [6.45, 7) is 0. The number of hydrogen-bond acceptors (Lipinski definition) is 3. The molecule has 23 heavy (non-hydrogen) atoms. The number of halogens is 1. The lowest BCUT2D eigenvalue weighted by Crippen LogP contribution is -2.36. The van der Waals surface area contributed by atoms with Crippen LogP contribution >= 0.6 is 0 Å². The van der Waals surface area contributed by atoms with Gasteiger partial charge in [-0.05, 0) is 18.2 Å². The van der Waals surface area contributed by atoms with Gasteiger partial charge in [-0.1, -0.05) is 36.4 Å². The Labute approximate surface area is 131 Å². The van der Waals surface area contributed by atoms with Crippen LogP contribution in [0.2, 0.25) is 0 Å². The van der Waals surface area contributed by atoms with Gasteiger partial charge in [-0.15, -0.1) is 0 Å². The zero-order valence-electron chi connectivity index (χ0n) is 12.1. The molecule has 5 heteroatoms. The summed E-state index contributed by atoms with van der Waals surface area (Å²) in [6.07, 6.45) is -0.0138. The number of benzene rings is 2.